The van der Waals surface area contributed by atoms with E-state index in [-0.39, 0.29) is 30.5 Å². The van der Waals surface area contributed by atoms with Gasteiger partial charge >= 0.3 is 12.0 Å². The molecule has 1 unspecified atom stereocenters. The van der Waals surface area contributed by atoms with Gasteiger partial charge in [-0.15, -0.1) is 0 Å². The lowest BCUT2D eigenvalue weighted by molar-refractivity contribution is -0.143. The Morgan fingerprint density at radius 3 is 2.50 bits per heavy atom. The van der Waals surface area contributed by atoms with E-state index in [1.54, 1.807) is 6.92 Å². The number of ether oxygens (including phenoxy) is 1. The molecule has 128 valence electrons. The lowest BCUT2D eigenvalue weighted by Crippen LogP contribution is -2.51. The van der Waals surface area contributed by atoms with E-state index in [0.717, 1.165) is 6.42 Å². The molecule has 0 heterocycles. The predicted molar refractivity (Wildman–Crippen MR) is 87.5 cm³/mol. The lowest BCUT2D eigenvalue weighted by atomic mass is 9.74. The van der Waals surface area contributed by atoms with Crippen LogP contribution in [-0.2, 0) is 9.53 Å². The minimum Gasteiger partial charge on any atom is -0.466 e. The molecule has 0 aromatic rings. The van der Waals surface area contributed by atoms with Crippen molar-refractivity contribution in [3.63, 3.8) is 0 Å². The van der Waals surface area contributed by atoms with Crippen LogP contribution in [0.4, 0.5) is 4.79 Å². The maximum atomic E-state index is 12.2. The minimum atomic E-state index is -0.276. The Hall–Kier alpha value is -1.26. The Labute approximate surface area is 134 Å². The quantitative estimate of drug-likeness (QED) is 0.741. The zero-order valence-corrected chi connectivity index (χ0v) is 14.6. The van der Waals surface area contributed by atoms with Gasteiger partial charge in [0, 0.05) is 12.1 Å². The van der Waals surface area contributed by atoms with Gasteiger partial charge in [-0.3, -0.25) is 4.79 Å². The standard InChI is InChI=1S/C17H32N2O3/c1-6-22-16(20)10-13(5)18-17(21)19-15-9-12(4)7-8-14(15)11(2)3/h11-15H,6-10H2,1-5H3,(H2,18,19,21)/t12-,13?,14+,15+/m0/s1. The number of hydrogen-bond acceptors (Lipinski definition) is 3. The van der Waals surface area contributed by atoms with Gasteiger partial charge in [0.15, 0.2) is 0 Å². The number of amides is 2. The fourth-order valence-electron chi connectivity index (χ4n) is 3.32. The van der Waals surface area contributed by atoms with Gasteiger partial charge in [0.05, 0.1) is 13.0 Å². The van der Waals surface area contributed by atoms with Gasteiger partial charge in [-0.25, -0.2) is 4.79 Å². The molecule has 4 atom stereocenters. The number of nitrogens with one attached hydrogen (secondary N) is 2. The lowest BCUT2D eigenvalue weighted by Gasteiger charge is -2.37. The third-order valence-corrected chi connectivity index (χ3v) is 4.49. The highest BCUT2D eigenvalue weighted by atomic mass is 16.5. The number of urea groups is 1. The van der Waals surface area contributed by atoms with Crippen molar-refractivity contribution in [2.24, 2.45) is 17.8 Å². The van der Waals surface area contributed by atoms with E-state index in [4.69, 9.17) is 4.74 Å². The van der Waals surface area contributed by atoms with E-state index in [1.807, 2.05) is 6.92 Å². The number of carbonyl (C=O) groups is 2. The van der Waals surface area contributed by atoms with Crippen molar-refractivity contribution in [3.05, 3.63) is 0 Å². The largest absolute Gasteiger partial charge is 0.466 e. The molecule has 0 spiro atoms. The van der Waals surface area contributed by atoms with Gasteiger partial charge in [0.2, 0.25) is 0 Å². The van der Waals surface area contributed by atoms with E-state index < -0.39 is 0 Å². The molecule has 1 fully saturated rings. The van der Waals surface area contributed by atoms with Crippen LogP contribution in [0, 0.1) is 17.8 Å². The summed E-state index contributed by atoms with van der Waals surface area (Å²) in [4.78, 5) is 23.6. The molecule has 0 saturated heterocycles. The van der Waals surface area contributed by atoms with Crippen LogP contribution < -0.4 is 10.6 Å². The van der Waals surface area contributed by atoms with Gasteiger partial charge < -0.3 is 15.4 Å². The van der Waals surface area contributed by atoms with Crippen LogP contribution in [0.25, 0.3) is 0 Å². The first kappa shape index (κ1) is 18.8. The topological polar surface area (TPSA) is 67.4 Å². The summed E-state index contributed by atoms with van der Waals surface area (Å²) >= 11 is 0. The van der Waals surface area contributed by atoms with Crippen LogP contribution in [0.2, 0.25) is 0 Å². The molecule has 0 aromatic heterocycles. The molecule has 5 nitrogen and oxygen atoms in total. The predicted octanol–water partition coefficient (Wildman–Crippen LogP) is 3.09. The van der Waals surface area contributed by atoms with Crippen LogP contribution in [0.3, 0.4) is 0 Å². The molecule has 1 saturated carbocycles. The first-order chi connectivity index (χ1) is 10.3. The number of esters is 1. The molecule has 0 aromatic carbocycles. The maximum Gasteiger partial charge on any atom is 0.315 e. The summed E-state index contributed by atoms with van der Waals surface area (Å²) in [5.41, 5.74) is 0. The van der Waals surface area contributed by atoms with Crippen molar-refractivity contribution in [3.8, 4) is 0 Å². The van der Waals surface area contributed by atoms with E-state index in [2.05, 4.69) is 31.4 Å². The van der Waals surface area contributed by atoms with Crippen molar-refractivity contribution in [1.29, 1.82) is 0 Å². The molecule has 0 bridgehead atoms. The van der Waals surface area contributed by atoms with E-state index in [9.17, 15) is 9.59 Å². The highest BCUT2D eigenvalue weighted by Crippen LogP contribution is 2.33. The molecule has 2 amide bonds. The highest BCUT2D eigenvalue weighted by Gasteiger charge is 2.31. The molecule has 1 rings (SSSR count). The summed E-state index contributed by atoms with van der Waals surface area (Å²) < 4.78 is 4.90. The average molecular weight is 312 g/mol. The fourth-order valence-corrected chi connectivity index (χ4v) is 3.32. The third kappa shape index (κ3) is 6.24. The highest BCUT2D eigenvalue weighted by molar-refractivity contribution is 5.76. The number of carbonyl (C=O) groups excluding carboxylic acids is 2. The van der Waals surface area contributed by atoms with Gasteiger partial charge in [0.25, 0.3) is 0 Å². The average Bonchev–Trinajstić information content (AvgIpc) is 2.37. The van der Waals surface area contributed by atoms with Gasteiger partial charge in [-0.05, 0) is 44.4 Å². The number of hydrogen-bond donors (Lipinski definition) is 2. The van der Waals surface area contributed by atoms with Crippen LogP contribution in [0.1, 0.15) is 60.3 Å². The molecule has 1 aliphatic rings. The molecule has 22 heavy (non-hydrogen) atoms. The van der Waals surface area contributed by atoms with Crippen molar-refractivity contribution >= 4 is 12.0 Å². The van der Waals surface area contributed by atoms with Crippen molar-refractivity contribution in [2.75, 3.05) is 6.61 Å². The third-order valence-electron chi connectivity index (χ3n) is 4.49. The molecule has 5 heteroatoms. The SMILES string of the molecule is CCOC(=O)CC(C)NC(=O)N[C@@H]1C[C@@H](C)CC[C@@H]1C(C)C. The summed E-state index contributed by atoms with van der Waals surface area (Å²) in [6.07, 6.45) is 3.64. The second kappa shape index (κ2) is 9.01. The summed E-state index contributed by atoms with van der Waals surface area (Å²) in [6, 6.07) is -0.183. The van der Waals surface area contributed by atoms with Crippen molar-refractivity contribution < 1.29 is 14.3 Å². The first-order valence-electron chi connectivity index (χ1n) is 8.56. The van der Waals surface area contributed by atoms with Crippen LogP contribution in [0.15, 0.2) is 0 Å². The monoisotopic (exact) mass is 312 g/mol. The summed E-state index contributed by atoms with van der Waals surface area (Å²) in [6.45, 7) is 10.6. The molecular weight excluding hydrogens is 280 g/mol. The fraction of sp³-hybridized carbons (Fsp3) is 0.882. The molecule has 2 N–H and O–H groups in total. The van der Waals surface area contributed by atoms with Crippen LogP contribution in [0.5, 0.6) is 0 Å². The van der Waals surface area contributed by atoms with Crippen molar-refractivity contribution in [1.82, 2.24) is 10.6 Å². The van der Waals surface area contributed by atoms with Gasteiger partial charge in [-0.1, -0.05) is 27.2 Å². The molecular formula is C17H32N2O3. The first-order valence-corrected chi connectivity index (χ1v) is 8.56. The normalized spacial score (nSPS) is 26.4. The van der Waals surface area contributed by atoms with Gasteiger partial charge in [0.1, 0.15) is 0 Å². The molecule has 0 aliphatic heterocycles. The minimum absolute atomic E-state index is 0.179. The van der Waals surface area contributed by atoms with Crippen LogP contribution in [-0.4, -0.2) is 30.7 Å². The van der Waals surface area contributed by atoms with E-state index in [1.165, 1.54) is 12.8 Å². The molecule has 0 radical (unpaired) electrons. The number of rotatable bonds is 6. The van der Waals surface area contributed by atoms with Gasteiger partial charge in [-0.2, -0.15) is 0 Å². The van der Waals surface area contributed by atoms with Crippen molar-refractivity contribution in [2.45, 2.75) is 72.4 Å². The summed E-state index contributed by atoms with van der Waals surface area (Å²) in [5, 5.41) is 5.95. The molecule has 1 aliphatic carbocycles. The summed E-state index contributed by atoms with van der Waals surface area (Å²) in [7, 11) is 0. The Balaban J connectivity index is 2.46. The summed E-state index contributed by atoms with van der Waals surface area (Å²) in [5.74, 6) is 1.47. The second-order valence-corrected chi connectivity index (χ2v) is 6.96. The Morgan fingerprint density at radius 1 is 1.23 bits per heavy atom. The van der Waals surface area contributed by atoms with Crippen LogP contribution >= 0.6 is 0 Å². The Bertz CT molecular complexity index is 371. The Kier molecular flexibility index (Phi) is 7.69. The van der Waals surface area contributed by atoms with E-state index >= 15 is 0 Å². The zero-order chi connectivity index (χ0) is 16.7. The maximum absolute atomic E-state index is 12.2. The smallest absolute Gasteiger partial charge is 0.315 e. The second-order valence-electron chi connectivity index (χ2n) is 6.96. The Morgan fingerprint density at radius 2 is 1.91 bits per heavy atom. The van der Waals surface area contributed by atoms with E-state index in [0.29, 0.717) is 24.4 Å². The zero-order valence-electron chi connectivity index (χ0n) is 14.6.